The second-order valence-corrected chi connectivity index (χ2v) is 4.77. The Morgan fingerprint density at radius 2 is 2.18 bits per heavy atom. The molecule has 0 spiro atoms. The summed E-state index contributed by atoms with van der Waals surface area (Å²) in [7, 11) is 0. The minimum atomic E-state index is 0.591. The van der Waals surface area contributed by atoms with Gasteiger partial charge in [0, 0.05) is 11.1 Å². The van der Waals surface area contributed by atoms with E-state index in [1.807, 2.05) is 29.7 Å². The Morgan fingerprint density at radius 1 is 1.24 bits per heavy atom. The average Bonchev–Trinajstić information content (AvgIpc) is 2.94. The first-order chi connectivity index (χ1) is 8.31. The zero-order valence-electron chi connectivity index (χ0n) is 8.76. The first-order valence-electron chi connectivity index (χ1n) is 5.08. The molecule has 2 aromatic heterocycles. The molecule has 0 N–H and O–H groups in total. The van der Waals surface area contributed by atoms with E-state index in [0.717, 1.165) is 16.7 Å². The van der Waals surface area contributed by atoms with Gasteiger partial charge in [-0.1, -0.05) is 11.6 Å². The molecule has 0 saturated carbocycles. The van der Waals surface area contributed by atoms with E-state index in [9.17, 15) is 0 Å². The van der Waals surface area contributed by atoms with Crippen LogP contribution in [0, 0.1) is 0 Å². The molecule has 0 aliphatic carbocycles. The summed E-state index contributed by atoms with van der Waals surface area (Å²) in [6.07, 6.45) is 3.83. The van der Waals surface area contributed by atoms with Gasteiger partial charge in [-0.2, -0.15) is 11.3 Å². The predicted molar refractivity (Wildman–Crippen MR) is 72.3 cm³/mol. The van der Waals surface area contributed by atoms with Gasteiger partial charge < -0.3 is 4.42 Å². The first-order valence-corrected chi connectivity index (χ1v) is 6.40. The molecule has 0 aliphatic rings. The molecule has 3 rings (SSSR count). The van der Waals surface area contributed by atoms with Crippen molar-refractivity contribution in [3.63, 3.8) is 0 Å². The topological polar surface area (TPSA) is 26.0 Å². The molecule has 2 nitrogen and oxygen atoms in total. The molecular formula is C13H8ClNOS. The highest BCUT2D eigenvalue weighted by Crippen LogP contribution is 2.21. The van der Waals surface area contributed by atoms with Crippen LogP contribution in [0.3, 0.4) is 0 Å². The van der Waals surface area contributed by atoms with E-state index < -0.39 is 0 Å². The van der Waals surface area contributed by atoms with Crippen LogP contribution < -0.4 is 0 Å². The van der Waals surface area contributed by atoms with Gasteiger partial charge in [0.15, 0.2) is 5.58 Å². The van der Waals surface area contributed by atoms with E-state index in [4.69, 9.17) is 16.0 Å². The molecule has 3 aromatic rings. The van der Waals surface area contributed by atoms with Gasteiger partial charge in [0.2, 0.25) is 5.89 Å². The first kappa shape index (κ1) is 10.6. The number of rotatable bonds is 2. The normalized spacial score (nSPS) is 11.6. The minimum absolute atomic E-state index is 0.591. The van der Waals surface area contributed by atoms with E-state index in [2.05, 4.69) is 10.4 Å². The molecule has 0 bridgehead atoms. The molecule has 1 aromatic carbocycles. The van der Waals surface area contributed by atoms with Crippen LogP contribution in [0.4, 0.5) is 0 Å². The second kappa shape index (κ2) is 4.35. The molecule has 0 radical (unpaired) electrons. The Balaban J connectivity index is 1.96. The van der Waals surface area contributed by atoms with Crippen LogP contribution in [0.25, 0.3) is 23.3 Å². The van der Waals surface area contributed by atoms with Crippen molar-refractivity contribution in [3.05, 3.63) is 51.5 Å². The maximum Gasteiger partial charge on any atom is 0.220 e. The van der Waals surface area contributed by atoms with Crippen molar-refractivity contribution in [2.75, 3.05) is 0 Å². The Labute approximate surface area is 107 Å². The molecule has 84 valence electrons. The lowest BCUT2D eigenvalue weighted by Crippen LogP contribution is -1.69. The number of fused-ring (bicyclic) bond motifs is 1. The summed E-state index contributed by atoms with van der Waals surface area (Å²) in [5.41, 5.74) is 2.68. The lowest BCUT2D eigenvalue weighted by molar-refractivity contribution is 0.590. The number of halogens is 1. The average molecular weight is 262 g/mol. The van der Waals surface area contributed by atoms with E-state index in [1.54, 1.807) is 23.5 Å². The largest absolute Gasteiger partial charge is 0.437 e. The van der Waals surface area contributed by atoms with Gasteiger partial charge in [-0.15, -0.1) is 0 Å². The van der Waals surface area contributed by atoms with Crippen LogP contribution in [0.2, 0.25) is 5.02 Å². The molecule has 0 atom stereocenters. The number of benzene rings is 1. The van der Waals surface area contributed by atoms with Gasteiger partial charge in [0.1, 0.15) is 5.52 Å². The Bertz CT molecular complexity index is 670. The van der Waals surface area contributed by atoms with Crippen LogP contribution >= 0.6 is 22.9 Å². The maximum atomic E-state index is 5.89. The third-order valence-electron chi connectivity index (χ3n) is 2.33. The minimum Gasteiger partial charge on any atom is -0.437 e. The highest BCUT2D eigenvalue weighted by atomic mass is 35.5. The Hall–Kier alpha value is -1.58. The maximum absolute atomic E-state index is 5.89. The fourth-order valence-corrected chi connectivity index (χ4v) is 2.32. The standard InChI is InChI=1S/C13H8ClNOS/c14-10-2-3-12-11(7-10)15-13(16-12)4-1-9-5-6-17-8-9/h1-8H/b4-1+. The Morgan fingerprint density at radius 3 is 3.00 bits per heavy atom. The van der Waals surface area contributed by atoms with Crippen LogP contribution in [0.5, 0.6) is 0 Å². The lowest BCUT2D eigenvalue weighted by Gasteiger charge is -1.85. The van der Waals surface area contributed by atoms with Crippen molar-refractivity contribution in [3.8, 4) is 0 Å². The van der Waals surface area contributed by atoms with E-state index in [1.165, 1.54) is 0 Å². The zero-order chi connectivity index (χ0) is 11.7. The summed E-state index contributed by atoms with van der Waals surface area (Å²) in [4.78, 5) is 4.34. The van der Waals surface area contributed by atoms with E-state index >= 15 is 0 Å². The molecule has 0 fully saturated rings. The van der Waals surface area contributed by atoms with Crippen LogP contribution in [0.1, 0.15) is 11.5 Å². The molecule has 4 heteroatoms. The highest BCUT2D eigenvalue weighted by molar-refractivity contribution is 7.08. The van der Waals surface area contributed by atoms with Crippen molar-refractivity contribution >= 4 is 46.2 Å². The summed E-state index contributed by atoms with van der Waals surface area (Å²) < 4.78 is 5.57. The molecule has 0 unspecified atom stereocenters. The summed E-state index contributed by atoms with van der Waals surface area (Å²) in [6.45, 7) is 0. The molecule has 0 aliphatic heterocycles. The van der Waals surface area contributed by atoms with Gasteiger partial charge in [-0.3, -0.25) is 0 Å². The number of aromatic nitrogens is 1. The third-order valence-corrected chi connectivity index (χ3v) is 3.26. The molecular weight excluding hydrogens is 254 g/mol. The monoisotopic (exact) mass is 261 g/mol. The van der Waals surface area contributed by atoms with Crippen molar-refractivity contribution < 1.29 is 4.42 Å². The number of hydrogen-bond donors (Lipinski definition) is 0. The number of oxazole rings is 1. The summed E-state index contributed by atoms with van der Waals surface area (Å²) >= 11 is 7.55. The summed E-state index contributed by atoms with van der Waals surface area (Å²) in [5, 5.41) is 4.76. The lowest BCUT2D eigenvalue weighted by atomic mass is 10.3. The van der Waals surface area contributed by atoms with Crippen LogP contribution in [0.15, 0.2) is 39.4 Å². The van der Waals surface area contributed by atoms with Gasteiger partial charge in [-0.25, -0.2) is 4.98 Å². The molecule has 0 amide bonds. The molecule has 2 heterocycles. The van der Waals surface area contributed by atoms with Crippen LogP contribution in [-0.4, -0.2) is 4.98 Å². The van der Waals surface area contributed by atoms with E-state index in [-0.39, 0.29) is 0 Å². The number of hydrogen-bond acceptors (Lipinski definition) is 3. The van der Waals surface area contributed by atoms with Gasteiger partial charge in [-0.05, 0) is 46.7 Å². The predicted octanol–water partition coefficient (Wildman–Crippen LogP) is 4.71. The van der Waals surface area contributed by atoms with Crippen LogP contribution in [-0.2, 0) is 0 Å². The fourth-order valence-electron chi connectivity index (χ4n) is 1.53. The van der Waals surface area contributed by atoms with Crippen molar-refractivity contribution in [1.29, 1.82) is 0 Å². The highest BCUT2D eigenvalue weighted by Gasteiger charge is 2.03. The smallest absolute Gasteiger partial charge is 0.220 e. The number of thiophene rings is 1. The third kappa shape index (κ3) is 2.25. The van der Waals surface area contributed by atoms with Crippen molar-refractivity contribution in [1.82, 2.24) is 4.98 Å². The molecule has 17 heavy (non-hydrogen) atoms. The van der Waals surface area contributed by atoms with Crippen molar-refractivity contribution in [2.45, 2.75) is 0 Å². The van der Waals surface area contributed by atoms with Gasteiger partial charge in [0.25, 0.3) is 0 Å². The fraction of sp³-hybridized carbons (Fsp3) is 0. The second-order valence-electron chi connectivity index (χ2n) is 3.55. The zero-order valence-corrected chi connectivity index (χ0v) is 10.3. The quantitative estimate of drug-likeness (QED) is 0.667. The van der Waals surface area contributed by atoms with Gasteiger partial charge in [0.05, 0.1) is 0 Å². The van der Waals surface area contributed by atoms with Crippen molar-refractivity contribution in [2.24, 2.45) is 0 Å². The number of nitrogens with zero attached hydrogens (tertiary/aromatic N) is 1. The van der Waals surface area contributed by atoms with E-state index in [0.29, 0.717) is 10.9 Å². The van der Waals surface area contributed by atoms with Gasteiger partial charge >= 0.3 is 0 Å². The summed E-state index contributed by atoms with van der Waals surface area (Å²) in [5.74, 6) is 0.591. The SMILES string of the molecule is Clc1ccc2oc(/C=C/c3ccsc3)nc2c1. The summed E-state index contributed by atoms with van der Waals surface area (Å²) in [6, 6.07) is 7.46. The Kier molecular flexibility index (Phi) is 2.71. The molecule has 0 saturated heterocycles.